The number of aryl methyl sites for hydroxylation is 1. The van der Waals surface area contributed by atoms with Crippen LogP contribution in [0.1, 0.15) is 12.5 Å². The molecule has 1 aromatic heterocycles. The molecule has 2 aliphatic rings. The van der Waals surface area contributed by atoms with Crippen LogP contribution in [0.2, 0.25) is 0 Å². The summed E-state index contributed by atoms with van der Waals surface area (Å²) in [7, 11) is -1.33. The highest BCUT2D eigenvalue weighted by Gasteiger charge is 2.29. The first kappa shape index (κ1) is 21.0. The summed E-state index contributed by atoms with van der Waals surface area (Å²) in [4.78, 5) is 16.0. The zero-order valence-electron chi connectivity index (χ0n) is 17.7. The summed E-state index contributed by atoms with van der Waals surface area (Å²) >= 11 is 0. The Morgan fingerprint density at radius 2 is 1.37 bits per heavy atom. The quantitative estimate of drug-likeness (QED) is 0.708. The minimum absolute atomic E-state index is 0.368. The molecule has 0 aliphatic carbocycles. The first-order chi connectivity index (χ1) is 14.5. The zero-order chi connectivity index (χ0) is 21.1. The van der Waals surface area contributed by atoms with Gasteiger partial charge in [-0.15, -0.1) is 0 Å². The van der Waals surface area contributed by atoms with Crippen molar-refractivity contribution in [2.75, 3.05) is 69.2 Å². The second kappa shape index (κ2) is 8.87. The van der Waals surface area contributed by atoms with E-state index in [-0.39, 0.29) is 0 Å². The minimum Gasteiger partial charge on any atom is -0.354 e. The van der Waals surface area contributed by atoms with Crippen molar-refractivity contribution in [3.8, 4) is 0 Å². The third kappa shape index (κ3) is 4.43. The van der Waals surface area contributed by atoms with Gasteiger partial charge in [-0.3, -0.25) is 0 Å². The monoisotopic (exact) mass is 430 g/mol. The van der Waals surface area contributed by atoms with Crippen molar-refractivity contribution in [2.45, 2.75) is 18.2 Å². The maximum Gasteiger partial charge on any atom is 0.243 e. The van der Waals surface area contributed by atoms with Gasteiger partial charge in [-0.1, -0.05) is 19.1 Å². The number of sulfonamides is 1. The van der Waals surface area contributed by atoms with E-state index in [4.69, 9.17) is 0 Å². The number of piperazine rings is 2. The molecule has 162 valence electrons. The van der Waals surface area contributed by atoms with Crippen molar-refractivity contribution in [3.05, 3.63) is 42.2 Å². The van der Waals surface area contributed by atoms with E-state index < -0.39 is 10.0 Å². The van der Waals surface area contributed by atoms with Gasteiger partial charge in [-0.25, -0.2) is 18.4 Å². The van der Waals surface area contributed by atoms with Crippen LogP contribution in [0.5, 0.6) is 0 Å². The molecule has 1 aromatic carbocycles. The van der Waals surface area contributed by atoms with Gasteiger partial charge < -0.3 is 14.7 Å². The van der Waals surface area contributed by atoms with Crippen LogP contribution in [0.3, 0.4) is 0 Å². The molecule has 0 N–H and O–H groups in total. The molecule has 0 unspecified atom stereocenters. The highest BCUT2D eigenvalue weighted by molar-refractivity contribution is 7.89. The second-order valence-corrected chi connectivity index (χ2v) is 9.85. The van der Waals surface area contributed by atoms with Crippen LogP contribution in [0, 0.1) is 0 Å². The Morgan fingerprint density at radius 1 is 0.833 bits per heavy atom. The average Bonchev–Trinajstić information content (AvgIpc) is 2.80. The molecule has 3 heterocycles. The average molecular weight is 431 g/mol. The van der Waals surface area contributed by atoms with Gasteiger partial charge in [-0.2, -0.15) is 4.31 Å². The van der Waals surface area contributed by atoms with Crippen LogP contribution in [0.4, 0.5) is 11.6 Å². The lowest BCUT2D eigenvalue weighted by Gasteiger charge is -2.36. The smallest absolute Gasteiger partial charge is 0.243 e. The van der Waals surface area contributed by atoms with Crippen LogP contribution in [-0.4, -0.2) is 87.0 Å². The van der Waals surface area contributed by atoms with Crippen LogP contribution in [0.25, 0.3) is 0 Å². The second-order valence-electron chi connectivity index (χ2n) is 7.91. The van der Waals surface area contributed by atoms with E-state index in [0.29, 0.717) is 31.1 Å². The van der Waals surface area contributed by atoms with E-state index in [1.165, 1.54) is 0 Å². The number of anilines is 2. The van der Waals surface area contributed by atoms with Gasteiger partial charge in [0.05, 0.1) is 4.90 Å². The van der Waals surface area contributed by atoms with E-state index in [1.807, 2.05) is 18.2 Å². The summed E-state index contributed by atoms with van der Waals surface area (Å²) in [5.41, 5.74) is 1.14. The highest BCUT2D eigenvalue weighted by atomic mass is 32.2. The Labute approximate surface area is 179 Å². The minimum atomic E-state index is -3.46. The summed E-state index contributed by atoms with van der Waals surface area (Å²) in [6, 6.07) is 9.24. The Morgan fingerprint density at radius 3 is 1.90 bits per heavy atom. The van der Waals surface area contributed by atoms with Crippen LogP contribution in [-0.2, 0) is 16.4 Å². The van der Waals surface area contributed by atoms with Gasteiger partial charge in [-0.05, 0) is 31.2 Å². The third-order valence-corrected chi connectivity index (χ3v) is 7.91. The molecule has 0 atom stereocenters. The number of nitrogens with zero attached hydrogens (tertiary/aromatic N) is 6. The van der Waals surface area contributed by atoms with Crippen molar-refractivity contribution in [3.63, 3.8) is 0 Å². The van der Waals surface area contributed by atoms with Gasteiger partial charge >= 0.3 is 0 Å². The Bertz CT molecular complexity index is 950. The number of hydrogen-bond donors (Lipinski definition) is 0. The number of rotatable bonds is 5. The van der Waals surface area contributed by atoms with E-state index in [9.17, 15) is 8.42 Å². The predicted octanol–water partition coefficient (Wildman–Crippen LogP) is 1.30. The molecule has 2 fully saturated rings. The summed E-state index contributed by atoms with van der Waals surface area (Å²) < 4.78 is 27.6. The van der Waals surface area contributed by atoms with Gasteiger partial charge in [0.2, 0.25) is 10.0 Å². The standard InChI is InChI=1S/C21H30N6O2S/c1-3-18-4-6-19(7-5-18)30(28,29)27-14-12-26(13-15-27)21-16-20(22-17-23-21)25-10-8-24(2)9-11-25/h4-7,16-17H,3,8-15H2,1-2H3. The van der Waals surface area contributed by atoms with Crippen molar-refractivity contribution >= 4 is 21.7 Å². The molecule has 2 aromatic rings. The summed E-state index contributed by atoms with van der Waals surface area (Å²) in [5.74, 6) is 1.81. The Hall–Kier alpha value is -2.23. The van der Waals surface area contributed by atoms with Crippen molar-refractivity contribution in [2.24, 2.45) is 0 Å². The lowest BCUT2D eigenvalue weighted by Crippen LogP contribution is -2.49. The van der Waals surface area contributed by atoms with E-state index in [0.717, 1.165) is 49.8 Å². The van der Waals surface area contributed by atoms with Crippen molar-refractivity contribution < 1.29 is 8.42 Å². The Kier molecular flexibility index (Phi) is 6.21. The van der Waals surface area contributed by atoms with Gasteiger partial charge in [0.15, 0.2) is 0 Å². The fourth-order valence-corrected chi connectivity index (χ4v) is 5.34. The van der Waals surface area contributed by atoms with Gasteiger partial charge in [0.25, 0.3) is 0 Å². The fraction of sp³-hybridized carbons (Fsp3) is 0.524. The van der Waals surface area contributed by atoms with Gasteiger partial charge in [0.1, 0.15) is 18.0 Å². The molecular formula is C21H30N6O2S. The summed E-state index contributed by atoms with van der Waals surface area (Å²) in [5, 5.41) is 0. The zero-order valence-corrected chi connectivity index (χ0v) is 18.6. The van der Waals surface area contributed by atoms with Crippen molar-refractivity contribution in [1.82, 2.24) is 19.2 Å². The first-order valence-electron chi connectivity index (χ1n) is 10.6. The lowest BCUT2D eigenvalue weighted by atomic mass is 10.2. The molecule has 0 spiro atoms. The lowest BCUT2D eigenvalue weighted by molar-refractivity contribution is 0.312. The summed E-state index contributed by atoms with van der Waals surface area (Å²) in [6.07, 6.45) is 2.51. The van der Waals surface area contributed by atoms with Crippen LogP contribution in [0.15, 0.2) is 41.6 Å². The molecule has 2 saturated heterocycles. The van der Waals surface area contributed by atoms with Gasteiger partial charge in [0, 0.05) is 58.4 Å². The maximum absolute atomic E-state index is 13.0. The number of aromatic nitrogens is 2. The molecule has 30 heavy (non-hydrogen) atoms. The normalized spacial score (nSPS) is 19.3. The maximum atomic E-state index is 13.0. The molecule has 0 saturated carbocycles. The van der Waals surface area contributed by atoms with E-state index >= 15 is 0 Å². The molecule has 0 radical (unpaired) electrons. The predicted molar refractivity (Wildman–Crippen MR) is 119 cm³/mol. The summed E-state index contributed by atoms with van der Waals surface area (Å²) in [6.45, 7) is 8.15. The largest absolute Gasteiger partial charge is 0.354 e. The number of benzene rings is 1. The topological polar surface area (TPSA) is 72.9 Å². The number of likely N-dealkylation sites (N-methyl/N-ethyl adjacent to an activating group) is 1. The molecule has 4 rings (SSSR count). The van der Waals surface area contributed by atoms with Crippen molar-refractivity contribution in [1.29, 1.82) is 0 Å². The van der Waals surface area contributed by atoms with E-state index in [2.05, 4.69) is 38.6 Å². The van der Waals surface area contributed by atoms with Crippen LogP contribution >= 0.6 is 0 Å². The third-order valence-electron chi connectivity index (χ3n) is 6.00. The van der Waals surface area contributed by atoms with E-state index in [1.54, 1.807) is 22.8 Å². The SMILES string of the molecule is CCc1ccc(S(=O)(=O)N2CCN(c3cc(N4CCN(C)CC4)ncn3)CC2)cc1. The Balaban J connectivity index is 1.41. The molecule has 0 amide bonds. The molecule has 9 heteroatoms. The number of hydrogen-bond acceptors (Lipinski definition) is 7. The molecule has 0 bridgehead atoms. The first-order valence-corrected chi connectivity index (χ1v) is 12.0. The fourth-order valence-electron chi connectivity index (χ4n) is 3.92. The molecule has 8 nitrogen and oxygen atoms in total. The molecular weight excluding hydrogens is 400 g/mol. The highest BCUT2D eigenvalue weighted by Crippen LogP contribution is 2.23. The molecule has 2 aliphatic heterocycles. The van der Waals surface area contributed by atoms with Crippen LogP contribution < -0.4 is 9.80 Å².